The van der Waals surface area contributed by atoms with Crippen LogP contribution in [0.25, 0.3) is 10.9 Å². The van der Waals surface area contributed by atoms with Crippen molar-refractivity contribution in [2.45, 2.75) is 0 Å². The molecule has 0 atom stereocenters. The Labute approximate surface area is 166 Å². The van der Waals surface area contributed by atoms with Gasteiger partial charge in [-0.15, -0.1) is 0 Å². The number of amides is 2. The van der Waals surface area contributed by atoms with Gasteiger partial charge in [-0.25, -0.2) is 9.78 Å². The van der Waals surface area contributed by atoms with Crippen molar-refractivity contribution in [2.75, 3.05) is 32.8 Å². The molecule has 2 aromatic heterocycles. The number of para-hydroxylation sites is 1. The summed E-state index contributed by atoms with van der Waals surface area (Å²) in [7, 11) is 0. The topological polar surface area (TPSA) is 93.0 Å². The van der Waals surface area contributed by atoms with Crippen molar-refractivity contribution < 1.29 is 23.5 Å². The minimum absolute atomic E-state index is 0.158. The number of piperazine rings is 1. The lowest BCUT2D eigenvalue weighted by Crippen LogP contribution is -2.51. The molecule has 0 radical (unpaired) electrons. The quantitative estimate of drug-likeness (QED) is 0.629. The maximum absolute atomic E-state index is 12.4. The van der Waals surface area contributed by atoms with Gasteiger partial charge in [0.1, 0.15) is 5.69 Å². The minimum atomic E-state index is -0.643. The van der Waals surface area contributed by atoms with Gasteiger partial charge < -0.3 is 19.0 Å². The van der Waals surface area contributed by atoms with E-state index in [1.165, 1.54) is 6.26 Å². The van der Waals surface area contributed by atoms with E-state index in [-0.39, 0.29) is 29.9 Å². The number of carbonyl (C=O) groups excluding carboxylic acids is 3. The Morgan fingerprint density at radius 3 is 2.45 bits per heavy atom. The van der Waals surface area contributed by atoms with E-state index in [2.05, 4.69) is 4.98 Å². The Hall–Kier alpha value is -3.68. The van der Waals surface area contributed by atoms with Crippen LogP contribution in [0.1, 0.15) is 21.0 Å². The first-order valence-electron chi connectivity index (χ1n) is 9.25. The fourth-order valence-electron chi connectivity index (χ4n) is 3.19. The number of benzene rings is 1. The van der Waals surface area contributed by atoms with Gasteiger partial charge in [0.25, 0.3) is 11.8 Å². The highest BCUT2D eigenvalue weighted by molar-refractivity contribution is 5.93. The van der Waals surface area contributed by atoms with Crippen LogP contribution in [0.5, 0.6) is 0 Å². The maximum Gasteiger partial charge on any atom is 0.357 e. The first kappa shape index (κ1) is 18.7. The molecule has 29 heavy (non-hydrogen) atoms. The summed E-state index contributed by atoms with van der Waals surface area (Å²) in [6.45, 7) is 1.17. The van der Waals surface area contributed by atoms with Crippen LogP contribution in [0.3, 0.4) is 0 Å². The number of hydrogen-bond acceptors (Lipinski definition) is 6. The van der Waals surface area contributed by atoms with Crippen LogP contribution in [0.4, 0.5) is 0 Å². The van der Waals surface area contributed by atoms with Crippen LogP contribution >= 0.6 is 0 Å². The molecule has 1 aromatic carbocycles. The highest BCUT2D eigenvalue weighted by atomic mass is 16.5. The monoisotopic (exact) mass is 393 g/mol. The first-order chi connectivity index (χ1) is 14.1. The van der Waals surface area contributed by atoms with E-state index in [1.54, 1.807) is 40.1 Å². The molecular formula is C21H19N3O5. The van der Waals surface area contributed by atoms with Crippen molar-refractivity contribution in [2.24, 2.45) is 0 Å². The van der Waals surface area contributed by atoms with E-state index in [0.717, 1.165) is 5.39 Å². The molecular weight excluding hydrogens is 374 g/mol. The fraction of sp³-hybridized carbons (Fsp3) is 0.238. The van der Waals surface area contributed by atoms with Crippen molar-refractivity contribution >= 4 is 28.7 Å². The smallest absolute Gasteiger partial charge is 0.357 e. The Morgan fingerprint density at radius 2 is 1.69 bits per heavy atom. The number of aromatic nitrogens is 1. The number of rotatable bonds is 4. The van der Waals surface area contributed by atoms with E-state index in [4.69, 9.17) is 9.15 Å². The van der Waals surface area contributed by atoms with Crippen LogP contribution in [0, 0.1) is 0 Å². The second kappa shape index (κ2) is 8.14. The molecule has 0 saturated carbocycles. The Bertz CT molecular complexity index is 1040. The molecule has 8 heteroatoms. The molecule has 0 bridgehead atoms. The second-order valence-corrected chi connectivity index (χ2v) is 6.62. The summed E-state index contributed by atoms with van der Waals surface area (Å²) in [5.74, 6) is -0.863. The normalized spacial score (nSPS) is 14.1. The number of nitrogens with zero attached hydrogens (tertiary/aromatic N) is 3. The average molecular weight is 393 g/mol. The van der Waals surface area contributed by atoms with Crippen LogP contribution in [-0.4, -0.2) is 65.4 Å². The molecule has 0 aliphatic carbocycles. The third-order valence-corrected chi connectivity index (χ3v) is 4.79. The molecule has 148 valence electrons. The summed E-state index contributed by atoms with van der Waals surface area (Å²) >= 11 is 0. The summed E-state index contributed by atoms with van der Waals surface area (Å²) in [4.78, 5) is 44.3. The van der Waals surface area contributed by atoms with Crippen molar-refractivity contribution in [3.63, 3.8) is 0 Å². The van der Waals surface area contributed by atoms with Gasteiger partial charge in [-0.05, 0) is 24.3 Å². The fourth-order valence-corrected chi connectivity index (χ4v) is 3.19. The van der Waals surface area contributed by atoms with E-state index >= 15 is 0 Å². The number of hydrogen-bond donors (Lipinski definition) is 0. The summed E-state index contributed by atoms with van der Waals surface area (Å²) in [5, 5.41) is 0.919. The minimum Gasteiger partial charge on any atom is -0.459 e. The van der Waals surface area contributed by atoms with E-state index in [0.29, 0.717) is 31.7 Å². The van der Waals surface area contributed by atoms with Gasteiger partial charge in [-0.2, -0.15) is 0 Å². The standard InChI is InChI=1S/C21H19N3O5/c25-19(23-9-11-24(12-10-23)20(26)18-6-3-13-28-18)14-29-21(27)17-8-7-15-4-1-2-5-16(15)22-17/h1-8,13H,9-12,14H2. The molecule has 0 spiro atoms. The lowest BCUT2D eigenvalue weighted by atomic mass is 10.2. The van der Waals surface area contributed by atoms with Crippen LogP contribution in [-0.2, 0) is 9.53 Å². The van der Waals surface area contributed by atoms with Crippen LogP contribution in [0.15, 0.2) is 59.2 Å². The molecule has 2 amide bonds. The largest absolute Gasteiger partial charge is 0.459 e. The molecule has 1 aliphatic heterocycles. The Kier molecular flexibility index (Phi) is 5.24. The predicted octanol–water partition coefficient (Wildman–Crippen LogP) is 1.97. The van der Waals surface area contributed by atoms with Crippen LogP contribution in [0.2, 0.25) is 0 Å². The number of pyridine rings is 1. The lowest BCUT2D eigenvalue weighted by Gasteiger charge is -2.34. The SMILES string of the molecule is O=C(OCC(=O)N1CCN(C(=O)c2ccco2)CC1)c1ccc2ccccc2n1. The molecule has 1 fully saturated rings. The zero-order valence-corrected chi connectivity index (χ0v) is 15.6. The van der Waals surface area contributed by atoms with Gasteiger partial charge in [0.15, 0.2) is 12.4 Å². The summed E-state index contributed by atoms with van der Waals surface area (Å²) in [6, 6.07) is 14.1. The molecule has 8 nitrogen and oxygen atoms in total. The number of furan rings is 1. The molecule has 1 aliphatic rings. The third-order valence-electron chi connectivity index (χ3n) is 4.79. The lowest BCUT2D eigenvalue weighted by molar-refractivity contribution is -0.136. The summed E-state index contributed by atoms with van der Waals surface area (Å²) < 4.78 is 10.3. The first-order valence-corrected chi connectivity index (χ1v) is 9.25. The van der Waals surface area contributed by atoms with Gasteiger partial charge in [-0.1, -0.05) is 24.3 Å². The zero-order chi connectivity index (χ0) is 20.2. The van der Waals surface area contributed by atoms with Gasteiger partial charge in [0.2, 0.25) is 0 Å². The van der Waals surface area contributed by atoms with Crippen molar-refractivity contribution in [1.29, 1.82) is 0 Å². The third kappa shape index (κ3) is 4.11. The van der Waals surface area contributed by atoms with Gasteiger partial charge in [-0.3, -0.25) is 9.59 Å². The van der Waals surface area contributed by atoms with Gasteiger partial charge >= 0.3 is 5.97 Å². The average Bonchev–Trinajstić information content (AvgIpc) is 3.31. The number of esters is 1. The van der Waals surface area contributed by atoms with Gasteiger partial charge in [0, 0.05) is 31.6 Å². The zero-order valence-electron chi connectivity index (χ0n) is 15.6. The molecule has 3 aromatic rings. The summed E-state index contributed by atoms with van der Waals surface area (Å²) in [5.41, 5.74) is 0.844. The molecule has 0 unspecified atom stereocenters. The maximum atomic E-state index is 12.4. The van der Waals surface area contributed by atoms with E-state index < -0.39 is 5.97 Å². The van der Waals surface area contributed by atoms with Gasteiger partial charge in [0.05, 0.1) is 11.8 Å². The molecule has 1 saturated heterocycles. The highest BCUT2D eigenvalue weighted by Gasteiger charge is 2.26. The Balaban J connectivity index is 1.28. The van der Waals surface area contributed by atoms with Crippen molar-refractivity contribution in [3.05, 3.63) is 66.2 Å². The Morgan fingerprint density at radius 1 is 0.931 bits per heavy atom. The highest BCUT2D eigenvalue weighted by Crippen LogP contribution is 2.13. The number of carbonyl (C=O) groups is 3. The number of fused-ring (bicyclic) bond motifs is 1. The second-order valence-electron chi connectivity index (χ2n) is 6.62. The molecule has 0 N–H and O–H groups in total. The van der Waals surface area contributed by atoms with Crippen molar-refractivity contribution in [1.82, 2.24) is 14.8 Å². The van der Waals surface area contributed by atoms with Crippen LogP contribution < -0.4 is 0 Å². The van der Waals surface area contributed by atoms with E-state index in [9.17, 15) is 14.4 Å². The molecule has 3 heterocycles. The molecule has 4 rings (SSSR count). The summed E-state index contributed by atoms with van der Waals surface area (Å²) in [6.07, 6.45) is 1.45. The van der Waals surface area contributed by atoms with Crippen molar-refractivity contribution in [3.8, 4) is 0 Å². The predicted molar refractivity (Wildman–Crippen MR) is 103 cm³/mol. The number of ether oxygens (including phenoxy) is 1. The van der Waals surface area contributed by atoms with E-state index in [1.807, 2.05) is 18.2 Å².